The number of fused-ring (bicyclic) bond motifs is 4. The molecule has 3 aliphatic rings. The molecule has 1 aromatic carbocycles. The molecule has 4 heterocycles. The first kappa shape index (κ1) is 15.2. The van der Waals surface area contributed by atoms with Crippen LogP contribution in [0.5, 0.6) is 0 Å². The van der Waals surface area contributed by atoms with Crippen molar-refractivity contribution in [3.05, 3.63) is 22.2 Å². The van der Waals surface area contributed by atoms with Crippen molar-refractivity contribution in [2.45, 2.75) is 18.9 Å². The van der Waals surface area contributed by atoms with Crippen molar-refractivity contribution < 1.29 is 4.52 Å². The van der Waals surface area contributed by atoms with Crippen LogP contribution in [0.15, 0.2) is 16.7 Å². The molecule has 21 heavy (non-hydrogen) atoms. The number of rotatable bonds is 2. The van der Waals surface area contributed by atoms with E-state index in [1.165, 1.54) is 25.9 Å². The summed E-state index contributed by atoms with van der Waals surface area (Å²) in [5, 5.41) is 9.62. The molecule has 0 aliphatic carbocycles. The molecule has 0 saturated carbocycles. The van der Waals surface area contributed by atoms with Gasteiger partial charge in [-0.15, -0.1) is 12.4 Å². The molecule has 1 atom stereocenters. The Morgan fingerprint density at radius 2 is 2.00 bits per heavy atom. The Bertz CT molecular complexity index is 652. The van der Waals surface area contributed by atoms with Crippen molar-refractivity contribution in [2.75, 3.05) is 25.0 Å². The Labute approximate surface area is 139 Å². The van der Waals surface area contributed by atoms with Gasteiger partial charge >= 0.3 is 0 Å². The van der Waals surface area contributed by atoms with Gasteiger partial charge in [0.1, 0.15) is 0 Å². The summed E-state index contributed by atoms with van der Waals surface area (Å²) in [5.74, 6) is 1.46. The van der Waals surface area contributed by atoms with E-state index in [2.05, 4.69) is 15.4 Å². The Balaban J connectivity index is 0.00000132. The van der Waals surface area contributed by atoms with Gasteiger partial charge in [0.2, 0.25) is 0 Å². The lowest BCUT2D eigenvalue weighted by Crippen LogP contribution is -2.53. The van der Waals surface area contributed by atoms with Crippen LogP contribution in [-0.4, -0.2) is 35.7 Å². The average Bonchev–Trinajstić information content (AvgIpc) is 2.83. The Kier molecular flexibility index (Phi) is 4.23. The Morgan fingerprint density at radius 1 is 1.24 bits per heavy atom. The monoisotopic (exact) mass is 347 g/mol. The quantitative estimate of drug-likeness (QED) is 0.888. The normalized spacial score (nSPS) is 27.6. The molecule has 5 rings (SSSR count). The van der Waals surface area contributed by atoms with Crippen LogP contribution >= 0.6 is 35.6 Å². The molecule has 3 aliphatic heterocycles. The fourth-order valence-electron chi connectivity index (χ4n) is 3.40. The van der Waals surface area contributed by atoms with Crippen LogP contribution in [0, 0.1) is 5.92 Å². The number of piperidine rings is 3. The lowest BCUT2D eigenvalue weighted by Gasteiger charge is -2.44. The molecule has 0 amide bonds. The van der Waals surface area contributed by atoms with E-state index in [1.807, 2.05) is 0 Å². The highest BCUT2D eigenvalue weighted by molar-refractivity contribution is 6.39. The largest absolute Gasteiger partial charge is 0.362 e. The van der Waals surface area contributed by atoms with Crippen LogP contribution in [0.4, 0.5) is 5.82 Å². The fourth-order valence-corrected chi connectivity index (χ4v) is 3.96. The van der Waals surface area contributed by atoms with Gasteiger partial charge in [0.25, 0.3) is 0 Å². The molecule has 1 aromatic heterocycles. The van der Waals surface area contributed by atoms with Crippen LogP contribution in [0.3, 0.4) is 0 Å². The van der Waals surface area contributed by atoms with Gasteiger partial charge in [0, 0.05) is 23.7 Å². The zero-order valence-corrected chi connectivity index (χ0v) is 13.6. The highest BCUT2D eigenvalue weighted by atomic mass is 35.5. The number of anilines is 1. The molecule has 0 spiro atoms. The molecular weight excluding hydrogens is 333 g/mol. The van der Waals surface area contributed by atoms with Gasteiger partial charge in [0.05, 0.1) is 10.4 Å². The summed E-state index contributed by atoms with van der Waals surface area (Å²) in [4.78, 5) is 2.50. The van der Waals surface area contributed by atoms with Crippen LogP contribution in [0.2, 0.25) is 10.0 Å². The van der Waals surface area contributed by atoms with E-state index >= 15 is 0 Å². The Hall–Kier alpha value is -0.680. The first-order valence-electron chi connectivity index (χ1n) is 6.94. The van der Waals surface area contributed by atoms with Gasteiger partial charge in [-0.25, -0.2) is 0 Å². The summed E-state index contributed by atoms with van der Waals surface area (Å²) in [6.07, 6.45) is 2.51. The SMILES string of the molecule is Cl.Clc1cc(Cl)c2c(NC3CN4CCC3CC4)noc2c1. The molecule has 3 saturated heterocycles. The summed E-state index contributed by atoms with van der Waals surface area (Å²) < 4.78 is 5.34. The third-order valence-electron chi connectivity index (χ3n) is 4.47. The summed E-state index contributed by atoms with van der Waals surface area (Å²) in [6.45, 7) is 3.52. The predicted octanol–water partition coefficient (Wildman–Crippen LogP) is 4.06. The minimum absolute atomic E-state index is 0. The average molecular weight is 349 g/mol. The topological polar surface area (TPSA) is 41.3 Å². The van der Waals surface area contributed by atoms with E-state index in [9.17, 15) is 0 Å². The van der Waals surface area contributed by atoms with E-state index in [-0.39, 0.29) is 12.4 Å². The highest BCUT2D eigenvalue weighted by Gasteiger charge is 2.34. The van der Waals surface area contributed by atoms with Gasteiger partial charge < -0.3 is 14.7 Å². The number of nitrogens with one attached hydrogen (secondary N) is 1. The molecule has 2 aromatic rings. The maximum atomic E-state index is 6.27. The second-order valence-electron chi connectivity index (χ2n) is 5.68. The van der Waals surface area contributed by atoms with Gasteiger partial charge in [0.15, 0.2) is 11.4 Å². The third kappa shape index (κ3) is 2.70. The standard InChI is InChI=1S/C14H15Cl2N3O.ClH/c15-9-5-10(16)13-12(6-9)20-18-14(13)17-11-7-19-3-1-8(11)2-4-19;/h5-6,8,11H,1-4,7H2,(H,17,18);1H. The first-order chi connectivity index (χ1) is 9.70. The molecule has 7 heteroatoms. The van der Waals surface area contributed by atoms with Crippen LogP contribution < -0.4 is 5.32 Å². The van der Waals surface area contributed by atoms with E-state index in [4.69, 9.17) is 27.7 Å². The summed E-state index contributed by atoms with van der Waals surface area (Å²) in [6, 6.07) is 3.90. The molecule has 3 fully saturated rings. The minimum atomic E-state index is 0. The van der Waals surface area contributed by atoms with Crippen molar-refractivity contribution in [3.63, 3.8) is 0 Å². The number of hydrogen-bond donors (Lipinski definition) is 1. The predicted molar refractivity (Wildman–Crippen MR) is 87.9 cm³/mol. The van der Waals surface area contributed by atoms with E-state index in [0.29, 0.717) is 21.7 Å². The van der Waals surface area contributed by atoms with Crippen molar-refractivity contribution in [3.8, 4) is 0 Å². The number of benzene rings is 1. The highest BCUT2D eigenvalue weighted by Crippen LogP contribution is 2.35. The van der Waals surface area contributed by atoms with E-state index in [1.54, 1.807) is 12.1 Å². The van der Waals surface area contributed by atoms with Gasteiger partial charge in [-0.1, -0.05) is 28.4 Å². The molecule has 4 nitrogen and oxygen atoms in total. The minimum Gasteiger partial charge on any atom is -0.362 e. The lowest BCUT2D eigenvalue weighted by molar-refractivity contribution is 0.0973. The molecule has 2 bridgehead atoms. The van der Waals surface area contributed by atoms with E-state index < -0.39 is 0 Å². The van der Waals surface area contributed by atoms with Crippen molar-refractivity contribution in [2.24, 2.45) is 5.92 Å². The first-order valence-corrected chi connectivity index (χ1v) is 7.69. The van der Waals surface area contributed by atoms with Crippen LogP contribution in [-0.2, 0) is 0 Å². The molecular formula is C14H16Cl3N3O. The van der Waals surface area contributed by atoms with Gasteiger partial charge in [-0.2, -0.15) is 0 Å². The lowest BCUT2D eigenvalue weighted by atomic mass is 9.84. The summed E-state index contributed by atoms with van der Waals surface area (Å²) in [5.41, 5.74) is 0.631. The maximum absolute atomic E-state index is 6.27. The van der Waals surface area contributed by atoms with Crippen molar-refractivity contribution >= 4 is 52.4 Å². The molecule has 1 N–H and O–H groups in total. The molecule has 0 radical (unpaired) electrons. The second kappa shape index (κ2) is 5.84. The molecule has 1 unspecified atom stereocenters. The van der Waals surface area contributed by atoms with Gasteiger partial charge in [-0.05, 0) is 37.9 Å². The number of nitrogens with zero attached hydrogens (tertiary/aromatic N) is 2. The van der Waals surface area contributed by atoms with Gasteiger partial charge in [-0.3, -0.25) is 0 Å². The maximum Gasteiger partial charge on any atom is 0.179 e. The zero-order chi connectivity index (χ0) is 13.7. The van der Waals surface area contributed by atoms with Crippen LogP contribution in [0.1, 0.15) is 12.8 Å². The molecule has 114 valence electrons. The van der Waals surface area contributed by atoms with E-state index in [0.717, 1.165) is 23.7 Å². The number of aromatic nitrogens is 1. The zero-order valence-electron chi connectivity index (χ0n) is 11.3. The van der Waals surface area contributed by atoms with Crippen molar-refractivity contribution in [1.29, 1.82) is 0 Å². The number of hydrogen-bond acceptors (Lipinski definition) is 4. The second-order valence-corrected chi connectivity index (χ2v) is 6.52. The summed E-state index contributed by atoms with van der Waals surface area (Å²) >= 11 is 12.2. The van der Waals surface area contributed by atoms with Crippen LogP contribution in [0.25, 0.3) is 11.0 Å². The smallest absolute Gasteiger partial charge is 0.179 e. The van der Waals surface area contributed by atoms with Crippen molar-refractivity contribution in [1.82, 2.24) is 10.1 Å². The number of halogens is 3. The Morgan fingerprint density at radius 3 is 2.67 bits per heavy atom. The third-order valence-corrected chi connectivity index (χ3v) is 4.99. The fraction of sp³-hybridized carbons (Fsp3) is 0.500. The summed E-state index contributed by atoms with van der Waals surface area (Å²) in [7, 11) is 0.